The van der Waals surface area contributed by atoms with Crippen molar-refractivity contribution in [3.63, 3.8) is 0 Å². The van der Waals surface area contributed by atoms with E-state index in [1.807, 2.05) is 0 Å². The number of alkyl halides is 1. The van der Waals surface area contributed by atoms with Crippen LogP contribution in [-0.2, 0) is 44.3 Å². The summed E-state index contributed by atoms with van der Waals surface area (Å²) in [7, 11) is 0.787. The van der Waals surface area contributed by atoms with E-state index in [0.717, 1.165) is 38.0 Å². The molecule has 0 saturated heterocycles. The highest BCUT2D eigenvalue weighted by molar-refractivity contribution is 14.1. The number of rotatable bonds is 6. The Labute approximate surface area is 434 Å². The molecule has 6 aromatic carbocycles. The molecule has 4 aliphatic rings. The largest absolute Gasteiger partial charge is 0.461 e. The van der Waals surface area contributed by atoms with Gasteiger partial charge in [-0.1, -0.05) is 176 Å². The maximum atomic E-state index is 7.69. The number of nitrogens with zero attached hydrogens (tertiary/aromatic N) is 1. The van der Waals surface area contributed by atoms with Gasteiger partial charge in [0.05, 0.1) is 5.69 Å². The number of fused-ring (bicyclic) bond motifs is 11. The smallest absolute Gasteiger partial charge is 0.200 e. The molecule has 1 saturated carbocycles. The number of anilines is 3. The second-order valence-corrected chi connectivity index (χ2v) is 28.2. The summed E-state index contributed by atoms with van der Waals surface area (Å²) in [6, 6.07) is 45.8. The van der Waals surface area contributed by atoms with Gasteiger partial charge in [0.2, 0.25) is 0 Å². The summed E-state index contributed by atoms with van der Waals surface area (Å²) < 4.78 is 7.70. The number of furan rings is 1. The number of hydrogen-bond donors (Lipinski definition) is 0. The summed E-state index contributed by atoms with van der Waals surface area (Å²) in [4.78, 5) is 2.64. The minimum absolute atomic E-state index is 0.0135. The molecular weight excluding hydrogens is 960 g/mol. The van der Waals surface area contributed by atoms with E-state index in [1.165, 1.54) is 127 Å². The molecule has 1 aliphatic heterocycles. The molecule has 4 unspecified atom stereocenters. The number of benzene rings is 6. The average Bonchev–Trinajstić information content (AvgIpc) is 3.87. The summed E-state index contributed by atoms with van der Waals surface area (Å²) in [5.74, 6) is 2.57. The Bertz CT molecular complexity index is 3160. The van der Waals surface area contributed by atoms with Crippen LogP contribution >= 0.6 is 22.6 Å². The van der Waals surface area contributed by atoms with Crippen LogP contribution in [0.5, 0.6) is 0 Å². The third kappa shape index (κ3) is 8.23. The molecule has 1 fully saturated rings. The van der Waals surface area contributed by atoms with Crippen LogP contribution < -0.4 is 15.8 Å². The van der Waals surface area contributed by atoms with Crippen molar-refractivity contribution in [3.05, 3.63) is 171 Å². The molecule has 360 valence electrons. The highest BCUT2D eigenvalue weighted by atomic mass is 127. The van der Waals surface area contributed by atoms with E-state index in [9.17, 15) is 0 Å². The first-order valence-corrected chi connectivity index (χ1v) is 27.9. The Morgan fingerprint density at radius 2 is 1.43 bits per heavy atom. The fourth-order valence-corrected chi connectivity index (χ4v) is 14.1. The van der Waals surface area contributed by atoms with Crippen LogP contribution in [0.25, 0.3) is 22.1 Å². The normalized spacial score (nSPS) is 22.4. The van der Waals surface area contributed by atoms with Gasteiger partial charge in [0.1, 0.15) is 11.3 Å². The van der Waals surface area contributed by atoms with Crippen molar-refractivity contribution in [3.8, 4) is 11.1 Å². The van der Waals surface area contributed by atoms with Crippen LogP contribution in [0.2, 0.25) is 0 Å². The van der Waals surface area contributed by atoms with Crippen molar-refractivity contribution in [2.75, 3.05) is 4.90 Å². The van der Waals surface area contributed by atoms with Gasteiger partial charge in [0.15, 0.2) is 7.28 Å². The predicted molar refractivity (Wildman–Crippen MR) is 309 cm³/mol. The van der Waals surface area contributed by atoms with Crippen molar-refractivity contribution in [2.45, 2.75) is 171 Å². The third-order valence-corrected chi connectivity index (χ3v) is 18.9. The van der Waals surface area contributed by atoms with Gasteiger partial charge in [-0.25, -0.2) is 0 Å². The Morgan fingerprint density at radius 1 is 0.714 bits per heavy atom. The van der Waals surface area contributed by atoms with E-state index in [4.69, 9.17) is 4.42 Å². The minimum atomic E-state index is -0.0318. The van der Waals surface area contributed by atoms with Gasteiger partial charge < -0.3 is 9.32 Å². The summed E-state index contributed by atoms with van der Waals surface area (Å²) in [5.41, 5.74) is 23.6. The third-order valence-electron chi connectivity index (χ3n) is 18.2. The summed E-state index contributed by atoms with van der Waals surface area (Å²) in [6.07, 6.45) is 9.01. The van der Waals surface area contributed by atoms with E-state index in [0.29, 0.717) is 5.92 Å². The standard InChI is InChI=1S/C66H75BINO/c1-13-50-45-33-44(42-17-15-14-16-18-42)35-58(50)69(49-23-20-47(21-24-49)65(10,11)68)57-26-22-48(62(3,4)5)36-56(57)67-60-52-37-54-51(40(2)43-27-28-66(54,12)39-43)38-59(52)70-61(60)46(34-45)31-41-19-25-53-55(32-41)64(8,9)30-29-63(53,6)7/h14-26,32-33,35-38,40,43,46,67H,13,27-31,34,39H2,1-12H3. The quantitative estimate of drug-likeness (QED) is 0.0938. The molecule has 3 aliphatic carbocycles. The minimum Gasteiger partial charge on any atom is -0.461 e. The lowest BCUT2D eigenvalue weighted by atomic mass is 9.59. The van der Waals surface area contributed by atoms with Crippen molar-refractivity contribution < 1.29 is 4.42 Å². The molecule has 4 atom stereocenters. The average molecular weight is 1040 g/mol. The maximum Gasteiger partial charge on any atom is 0.200 e. The van der Waals surface area contributed by atoms with E-state index in [1.54, 1.807) is 5.56 Å². The summed E-state index contributed by atoms with van der Waals surface area (Å²) in [6.45, 7) is 29.0. The molecule has 0 N–H and O–H groups in total. The van der Waals surface area contributed by atoms with Gasteiger partial charge in [0, 0.05) is 26.1 Å². The Morgan fingerprint density at radius 3 is 2.13 bits per heavy atom. The van der Waals surface area contributed by atoms with E-state index < -0.39 is 0 Å². The molecule has 0 spiro atoms. The monoisotopic (exact) mass is 1040 g/mol. The van der Waals surface area contributed by atoms with Crippen molar-refractivity contribution in [1.29, 1.82) is 0 Å². The van der Waals surface area contributed by atoms with Gasteiger partial charge in [-0.15, -0.1) is 0 Å². The molecule has 4 heteroatoms. The highest BCUT2D eigenvalue weighted by Gasteiger charge is 2.46. The maximum absolute atomic E-state index is 7.69. The van der Waals surface area contributed by atoms with Crippen molar-refractivity contribution in [2.24, 2.45) is 5.92 Å². The second-order valence-electron chi connectivity index (χ2n) is 25.5. The topological polar surface area (TPSA) is 16.4 Å². The zero-order valence-corrected chi connectivity index (χ0v) is 46.5. The van der Waals surface area contributed by atoms with Crippen LogP contribution in [0.1, 0.15) is 183 Å². The highest BCUT2D eigenvalue weighted by Crippen LogP contribution is 2.56. The summed E-state index contributed by atoms with van der Waals surface area (Å²) in [5, 5.41) is 1.32. The van der Waals surface area contributed by atoms with Crippen LogP contribution in [-0.4, -0.2) is 7.28 Å². The molecule has 4 bridgehead atoms. The van der Waals surface area contributed by atoms with Crippen LogP contribution in [0.15, 0.2) is 120 Å². The SMILES string of the molecule is CCc1c2cc(-c3ccccc3)cc1N(c1ccc(C(C)(C)I)cc1)c1ccc(C(C)(C)C)cc1Bc1c(oc3cc4c(cc13)C1(C)CCC(C1)C4C)C(Cc1ccc3c(c1)C(C)(C)CCC3(C)C)C2. The zero-order chi connectivity index (χ0) is 49.3. The first-order chi connectivity index (χ1) is 33.1. The molecule has 7 aromatic rings. The molecular formula is C66H75BINO. The fraction of sp³-hybridized carbons (Fsp3) is 0.424. The molecule has 2 heterocycles. The first kappa shape index (κ1) is 47.8. The summed E-state index contributed by atoms with van der Waals surface area (Å²) >= 11 is 2.59. The molecule has 0 radical (unpaired) electrons. The van der Waals surface area contributed by atoms with Crippen LogP contribution in [0, 0.1) is 5.92 Å². The first-order valence-electron chi connectivity index (χ1n) is 26.8. The Kier molecular flexibility index (Phi) is 11.6. The van der Waals surface area contributed by atoms with E-state index in [2.05, 4.69) is 226 Å². The lowest BCUT2D eigenvalue weighted by Crippen LogP contribution is -2.35. The molecule has 2 nitrogen and oxygen atoms in total. The van der Waals surface area contributed by atoms with Crippen LogP contribution in [0.4, 0.5) is 17.1 Å². The van der Waals surface area contributed by atoms with E-state index >= 15 is 0 Å². The molecule has 11 rings (SSSR count). The van der Waals surface area contributed by atoms with Gasteiger partial charge in [-0.2, -0.15) is 0 Å². The molecule has 1 aromatic heterocycles. The van der Waals surface area contributed by atoms with Crippen molar-refractivity contribution >= 4 is 68.8 Å². The van der Waals surface area contributed by atoms with Gasteiger partial charge >= 0.3 is 0 Å². The van der Waals surface area contributed by atoms with Gasteiger partial charge in [-0.3, -0.25) is 0 Å². The number of hydrogen-bond acceptors (Lipinski definition) is 2. The zero-order valence-electron chi connectivity index (χ0n) is 44.3. The lowest BCUT2D eigenvalue weighted by molar-refractivity contribution is 0.331. The Balaban J connectivity index is 1.22. The van der Waals surface area contributed by atoms with Crippen molar-refractivity contribution in [1.82, 2.24) is 0 Å². The molecule has 0 amide bonds. The van der Waals surface area contributed by atoms with Crippen LogP contribution in [0.3, 0.4) is 0 Å². The fourth-order valence-electron chi connectivity index (χ4n) is 13.7. The van der Waals surface area contributed by atoms with Gasteiger partial charge in [0.25, 0.3) is 0 Å². The second kappa shape index (κ2) is 17.0. The number of halogens is 1. The van der Waals surface area contributed by atoms with E-state index in [-0.39, 0.29) is 31.0 Å². The van der Waals surface area contributed by atoms with Gasteiger partial charge in [-0.05, 0) is 202 Å². The molecule has 70 heavy (non-hydrogen) atoms. The predicted octanol–water partition coefficient (Wildman–Crippen LogP) is 16.9. The lowest BCUT2D eigenvalue weighted by Gasteiger charge is -2.42. The Hall–Kier alpha value is -4.55.